The van der Waals surface area contributed by atoms with E-state index < -0.39 is 0 Å². The van der Waals surface area contributed by atoms with E-state index in [9.17, 15) is 4.79 Å². The van der Waals surface area contributed by atoms with Crippen molar-refractivity contribution in [2.45, 2.75) is 39.7 Å². The summed E-state index contributed by atoms with van der Waals surface area (Å²) in [5, 5.41) is 3.01. The fraction of sp³-hybridized carbons (Fsp3) is 0.533. The molecule has 0 saturated heterocycles. The monoisotopic (exact) mass is 249 g/mol. The smallest absolute Gasteiger partial charge is 0.220 e. The van der Waals surface area contributed by atoms with E-state index in [4.69, 9.17) is 4.74 Å². The van der Waals surface area contributed by atoms with Crippen molar-refractivity contribution in [2.24, 2.45) is 5.92 Å². The Morgan fingerprint density at radius 2 is 2.06 bits per heavy atom. The number of benzene rings is 1. The van der Waals surface area contributed by atoms with Crippen LogP contribution in [0.15, 0.2) is 24.3 Å². The minimum absolute atomic E-state index is 0.110. The molecule has 0 aliphatic heterocycles. The Kier molecular flexibility index (Phi) is 5.69. The Balaban J connectivity index is 2.42. The van der Waals surface area contributed by atoms with Crippen molar-refractivity contribution in [3.63, 3.8) is 0 Å². The maximum atomic E-state index is 11.7. The maximum Gasteiger partial charge on any atom is 0.220 e. The molecule has 0 aromatic heterocycles. The third-order valence-electron chi connectivity index (χ3n) is 3.16. The summed E-state index contributed by atoms with van der Waals surface area (Å²) >= 11 is 0. The lowest BCUT2D eigenvalue weighted by atomic mass is 10.1. The standard InChI is InChI=1S/C15H23NO2/c1-11(2)12(3)16-15(17)9-8-13-6-5-7-14(10-13)18-4/h5-7,10-12H,8-9H2,1-4H3,(H,16,17). The predicted molar refractivity (Wildman–Crippen MR) is 73.8 cm³/mol. The summed E-state index contributed by atoms with van der Waals surface area (Å²) in [6, 6.07) is 8.07. The number of carbonyl (C=O) groups is 1. The highest BCUT2D eigenvalue weighted by molar-refractivity contribution is 5.76. The molecule has 18 heavy (non-hydrogen) atoms. The molecule has 0 fully saturated rings. The van der Waals surface area contributed by atoms with Gasteiger partial charge in [-0.15, -0.1) is 0 Å². The van der Waals surface area contributed by atoms with E-state index in [1.54, 1.807) is 7.11 Å². The first-order valence-corrected chi connectivity index (χ1v) is 6.45. The molecule has 0 aliphatic carbocycles. The van der Waals surface area contributed by atoms with Crippen molar-refractivity contribution in [3.05, 3.63) is 29.8 Å². The van der Waals surface area contributed by atoms with E-state index in [0.29, 0.717) is 12.3 Å². The summed E-state index contributed by atoms with van der Waals surface area (Å²) in [6.07, 6.45) is 1.26. The predicted octanol–water partition coefficient (Wildman–Crippen LogP) is 2.79. The number of hydrogen-bond acceptors (Lipinski definition) is 2. The van der Waals surface area contributed by atoms with Crippen LogP contribution in [0, 0.1) is 5.92 Å². The first-order valence-electron chi connectivity index (χ1n) is 6.45. The SMILES string of the molecule is COc1cccc(CCC(=O)NC(C)C(C)C)c1. The molecule has 0 spiro atoms. The number of amides is 1. The third kappa shape index (κ3) is 4.78. The highest BCUT2D eigenvalue weighted by atomic mass is 16.5. The van der Waals surface area contributed by atoms with E-state index in [1.807, 2.05) is 31.2 Å². The summed E-state index contributed by atoms with van der Waals surface area (Å²) in [6.45, 7) is 6.24. The van der Waals surface area contributed by atoms with Crippen molar-refractivity contribution in [1.29, 1.82) is 0 Å². The molecular formula is C15H23NO2. The summed E-state index contributed by atoms with van der Waals surface area (Å²) in [4.78, 5) is 11.7. The molecule has 0 aliphatic rings. The van der Waals surface area contributed by atoms with Gasteiger partial charge < -0.3 is 10.1 Å². The van der Waals surface area contributed by atoms with E-state index in [-0.39, 0.29) is 11.9 Å². The minimum Gasteiger partial charge on any atom is -0.497 e. The number of rotatable bonds is 6. The average molecular weight is 249 g/mol. The molecule has 1 aromatic rings. The maximum absolute atomic E-state index is 11.7. The second-order valence-corrected chi connectivity index (χ2v) is 4.95. The molecule has 1 rings (SSSR count). The Labute approximate surface area is 110 Å². The first kappa shape index (κ1) is 14.6. The van der Waals surface area contributed by atoms with Crippen LogP contribution in [0.1, 0.15) is 32.8 Å². The van der Waals surface area contributed by atoms with Gasteiger partial charge in [0.05, 0.1) is 7.11 Å². The summed E-state index contributed by atoms with van der Waals surface area (Å²) in [5.74, 6) is 1.41. The number of carbonyl (C=O) groups excluding carboxylic acids is 1. The van der Waals surface area contributed by atoms with Gasteiger partial charge in [0.15, 0.2) is 0 Å². The zero-order valence-corrected chi connectivity index (χ0v) is 11.7. The molecule has 3 nitrogen and oxygen atoms in total. The molecule has 1 unspecified atom stereocenters. The Morgan fingerprint density at radius 3 is 2.67 bits per heavy atom. The molecule has 0 bridgehead atoms. The lowest BCUT2D eigenvalue weighted by Crippen LogP contribution is -2.36. The molecule has 1 N–H and O–H groups in total. The van der Waals surface area contributed by atoms with Gasteiger partial charge in [0, 0.05) is 12.5 Å². The topological polar surface area (TPSA) is 38.3 Å². The number of aryl methyl sites for hydroxylation is 1. The van der Waals surface area contributed by atoms with Crippen LogP contribution in [0.25, 0.3) is 0 Å². The lowest BCUT2D eigenvalue weighted by Gasteiger charge is -2.17. The van der Waals surface area contributed by atoms with Gasteiger partial charge in [-0.1, -0.05) is 26.0 Å². The van der Waals surface area contributed by atoms with Crippen LogP contribution in [0.3, 0.4) is 0 Å². The van der Waals surface area contributed by atoms with Gasteiger partial charge >= 0.3 is 0 Å². The van der Waals surface area contributed by atoms with Crippen LogP contribution in [0.5, 0.6) is 5.75 Å². The minimum atomic E-state index is 0.110. The van der Waals surface area contributed by atoms with E-state index >= 15 is 0 Å². The molecule has 0 radical (unpaired) electrons. The van der Waals surface area contributed by atoms with Crippen molar-refractivity contribution < 1.29 is 9.53 Å². The summed E-state index contributed by atoms with van der Waals surface area (Å²) in [5.41, 5.74) is 1.13. The van der Waals surface area contributed by atoms with Crippen molar-refractivity contribution in [2.75, 3.05) is 7.11 Å². The molecule has 100 valence electrons. The summed E-state index contributed by atoms with van der Waals surface area (Å²) < 4.78 is 5.16. The quantitative estimate of drug-likeness (QED) is 0.842. The molecular weight excluding hydrogens is 226 g/mol. The van der Waals surface area contributed by atoms with Crippen LogP contribution < -0.4 is 10.1 Å². The number of methoxy groups -OCH3 is 1. The largest absolute Gasteiger partial charge is 0.497 e. The van der Waals surface area contributed by atoms with Crippen LogP contribution in [0.2, 0.25) is 0 Å². The number of ether oxygens (including phenoxy) is 1. The van der Waals surface area contributed by atoms with Gasteiger partial charge in [-0.05, 0) is 37.0 Å². The highest BCUT2D eigenvalue weighted by Crippen LogP contribution is 2.14. The molecule has 1 aromatic carbocycles. The Bertz CT molecular complexity index is 388. The van der Waals surface area contributed by atoms with Crippen LogP contribution in [-0.2, 0) is 11.2 Å². The average Bonchev–Trinajstić information content (AvgIpc) is 2.36. The molecule has 1 amide bonds. The van der Waals surface area contributed by atoms with Gasteiger partial charge in [-0.25, -0.2) is 0 Å². The second-order valence-electron chi connectivity index (χ2n) is 4.95. The fourth-order valence-electron chi connectivity index (χ4n) is 1.58. The lowest BCUT2D eigenvalue weighted by molar-refractivity contribution is -0.121. The van der Waals surface area contributed by atoms with Crippen molar-refractivity contribution in [1.82, 2.24) is 5.32 Å². The van der Waals surface area contributed by atoms with E-state index in [0.717, 1.165) is 17.7 Å². The highest BCUT2D eigenvalue weighted by Gasteiger charge is 2.10. The fourth-order valence-corrected chi connectivity index (χ4v) is 1.58. The van der Waals surface area contributed by atoms with E-state index in [2.05, 4.69) is 19.2 Å². The van der Waals surface area contributed by atoms with Gasteiger partial charge in [-0.3, -0.25) is 4.79 Å². The molecule has 1 atom stereocenters. The van der Waals surface area contributed by atoms with Crippen molar-refractivity contribution >= 4 is 5.91 Å². The van der Waals surface area contributed by atoms with Gasteiger partial charge in [0.1, 0.15) is 5.75 Å². The Hall–Kier alpha value is -1.51. The van der Waals surface area contributed by atoms with Gasteiger partial charge in [-0.2, -0.15) is 0 Å². The molecule has 0 heterocycles. The molecule has 0 saturated carbocycles. The zero-order chi connectivity index (χ0) is 13.5. The van der Waals surface area contributed by atoms with E-state index in [1.165, 1.54) is 0 Å². The van der Waals surface area contributed by atoms with Crippen molar-refractivity contribution in [3.8, 4) is 5.75 Å². The van der Waals surface area contributed by atoms with Gasteiger partial charge in [0.2, 0.25) is 5.91 Å². The normalized spacial score (nSPS) is 12.3. The van der Waals surface area contributed by atoms with Crippen LogP contribution >= 0.6 is 0 Å². The second kappa shape index (κ2) is 7.04. The third-order valence-corrected chi connectivity index (χ3v) is 3.16. The zero-order valence-electron chi connectivity index (χ0n) is 11.7. The summed E-state index contributed by atoms with van der Waals surface area (Å²) in [7, 11) is 1.65. The molecule has 3 heteroatoms. The van der Waals surface area contributed by atoms with Crippen LogP contribution in [0.4, 0.5) is 0 Å². The van der Waals surface area contributed by atoms with Crippen LogP contribution in [-0.4, -0.2) is 19.1 Å². The number of hydrogen-bond donors (Lipinski definition) is 1. The number of nitrogens with one attached hydrogen (secondary N) is 1. The Morgan fingerprint density at radius 1 is 1.33 bits per heavy atom. The van der Waals surface area contributed by atoms with Gasteiger partial charge in [0.25, 0.3) is 0 Å². The first-order chi connectivity index (χ1) is 8.52.